The minimum absolute atomic E-state index is 0.0919. The van der Waals surface area contributed by atoms with Crippen LogP contribution in [0.3, 0.4) is 0 Å². The zero-order chi connectivity index (χ0) is 19.1. The van der Waals surface area contributed by atoms with Gasteiger partial charge in [0.25, 0.3) is 0 Å². The van der Waals surface area contributed by atoms with E-state index in [9.17, 15) is 9.36 Å². The van der Waals surface area contributed by atoms with Crippen LogP contribution in [0.1, 0.15) is 12.8 Å². The molecule has 0 aromatic heterocycles. The molecule has 1 aliphatic heterocycles. The Morgan fingerprint density at radius 3 is 2.11 bits per heavy atom. The lowest BCUT2D eigenvalue weighted by Gasteiger charge is -2.33. The fourth-order valence-corrected chi connectivity index (χ4v) is 4.39. The number of halogens is 1. The van der Waals surface area contributed by atoms with Crippen LogP contribution in [0.4, 0.5) is 0 Å². The van der Waals surface area contributed by atoms with E-state index in [2.05, 4.69) is 0 Å². The molecular formula is C19H21ClNO5P. The van der Waals surface area contributed by atoms with E-state index in [0.29, 0.717) is 31.0 Å². The number of benzene rings is 2. The third-order valence-electron chi connectivity index (χ3n) is 4.04. The minimum Gasteiger partial charge on any atom is -0.395 e. The summed E-state index contributed by atoms with van der Waals surface area (Å²) in [7, 11) is -3.97. The second-order valence-corrected chi connectivity index (χ2v) is 7.84. The Balaban J connectivity index is 1.76. The number of likely N-dealkylation sites (tertiary alicyclic amines) is 1. The van der Waals surface area contributed by atoms with E-state index in [-0.39, 0.29) is 11.8 Å². The van der Waals surface area contributed by atoms with Crippen LogP contribution in [-0.2, 0) is 13.9 Å². The number of alkyl halides is 1. The maximum atomic E-state index is 13.4. The van der Waals surface area contributed by atoms with Gasteiger partial charge < -0.3 is 13.9 Å². The molecule has 6 nitrogen and oxygen atoms in total. The van der Waals surface area contributed by atoms with Crippen LogP contribution < -0.4 is 9.05 Å². The lowest BCUT2D eigenvalue weighted by atomic mass is 10.1. The van der Waals surface area contributed by atoms with Crippen molar-refractivity contribution in [2.75, 3.05) is 19.0 Å². The average Bonchev–Trinajstić information content (AvgIpc) is 2.68. The Hall–Kier alpha value is -2.01. The summed E-state index contributed by atoms with van der Waals surface area (Å²) >= 11 is 5.64. The van der Waals surface area contributed by atoms with Gasteiger partial charge in [-0.3, -0.25) is 9.32 Å². The SMILES string of the molecule is O=C(CCl)N1CCCC(OP(=O)(Oc2ccccc2)Oc2ccccc2)C1. The smallest absolute Gasteiger partial charge is 0.395 e. The zero-order valence-corrected chi connectivity index (χ0v) is 16.4. The van der Waals surface area contributed by atoms with Gasteiger partial charge in [-0.2, -0.15) is 0 Å². The van der Waals surface area contributed by atoms with E-state index in [1.807, 2.05) is 12.1 Å². The lowest BCUT2D eigenvalue weighted by molar-refractivity contribution is -0.131. The highest BCUT2D eigenvalue weighted by Gasteiger charge is 2.37. The highest BCUT2D eigenvalue weighted by Crippen LogP contribution is 2.51. The van der Waals surface area contributed by atoms with Crippen LogP contribution in [0.15, 0.2) is 60.7 Å². The van der Waals surface area contributed by atoms with E-state index >= 15 is 0 Å². The first-order valence-corrected chi connectivity index (χ1v) is 10.7. The van der Waals surface area contributed by atoms with E-state index in [0.717, 1.165) is 6.42 Å². The molecule has 0 saturated carbocycles. The molecule has 1 aliphatic rings. The number of piperidine rings is 1. The van der Waals surface area contributed by atoms with Crippen LogP contribution in [0.25, 0.3) is 0 Å². The number of phosphoric acid groups is 1. The van der Waals surface area contributed by atoms with Gasteiger partial charge in [0.2, 0.25) is 5.91 Å². The van der Waals surface area contributed by atoms with E-state index in [1.165, 1.54) is 0 Å². The number of para-hydroxylation sites is 2. The fraction of sp³-hybridized carbons (Fsp3) is 0.316. The summed E-state index contributed by atoms with van der Waals surface area (Å²) in [6.07, 6.45) is 0.903. The summed E-state index contributed by atoms with van der Waals surface area (Å²) in [5.74, 6) is 0.487. The molecule has 144 valence electrons. The first kappa shape index (κ1) is 19.7. The minimum atomic E-state index is -3.97. The first-order valence-electron chi connectivity index (χ1n) is 8.69. The Kier molecular flexibility index (Phi) is 6.78. The molecule has 1 amide bonds. The molecule has 2 aromatic carbocycles. The van der Waals surface area contributed by atoms with Crippen molar-refractivity contribution in [3.63, 3.8) is 0 Å². The van der Waals surface area contributed by atoms with Gasteiger partial charge in [-0.1, -0.05) is 36.4 Å². The van der Waals surface area contributed by atoms with Crippen molar-refractivity contribution in [3.05, 3.63) is 60.7 Å². The topological polar surface area (TPSA) is 65.1 Å². The third-order valence-corrected chi connectivity index (χ3v) is 5.70. The predicted molar refractivity (Wildman–Crippen MR) is 103 cm³/mol. The van der Waals surface area contributed by atoms with Crippen molar-refractivity contribution in [1.82, 2.24) is 4.90 Å². The number of hydrogen-bond donors (Lipinski definition) is 0. The number of phosphoric ester groups is 1. The van der Waals surface area contributed by atoms with Gasteiger partial charge in [-0.15, -0.1) is 11.6 Å². The molecule has 27 heavy (non-hydrogen) atoms. The van der Waals surface area contributed by atoms with Crippen LogP contribution in [0.2, 0.25) is 0 Å². The molecule has 0 radical (unpaired) electrons. The molecular weight excluding hydrogens is 389 g/mol. The summed E-state index contributed by atoms with van der Waals surface area (Å²) in [6, 6.07) is 17.4. The van der Waals surface area contributed by atoms with Gasteiger partial charge in [0, 0.05) is 13.1 Å². The van der Waals surface area contributed by atoms with Crippen molar-refractivity contribution < 1.29 is 22.9 Å². The average molecular weight is 410 g/mol. The number of rotatable bonds is 7. The molecule has 1 saturated heterocycles. The Bertz CT molecular complexity index is 744. The molecule has 0 bridgehead atoms. The predicted octanol–water partition coefficient (Wildman–Crippen LogP) is 4.50. The summed E-state index contributed by atoms with van der Waals surface area (Å²) < 4.78 is 30.4. The molecule has 8 heteroatoms. The van der Waals surface area contributed by atoms with E-state index < -0.39 is 13.9 Å². The van der Waals surface area contributed by atoms with Crippen molar-refractivity contribution in [3.8, 4) is 11.5 Å². The largest absolute Gasteiger partial charge is 0.587 e. The highest BCUT2D eigenvalue weighted by atomic mass is 35.5. The standard InChI is InChI=1S/C19H21ClNO5P/c20-14-19(22)21-13-7-12-18(15-21)26-27(23,24-16-8-3-1-4-9-16)25-17-10-5-2-6-11-17/h1-6,8-11,18H,7,12-15H2. The molecule has 2 aromatic rings. The quantitative estimate of drug-likeness (QED) is 0.497. The maximum absolute atomic E-state index is 13.4. The van der Waals surface area contributed by atoms with E-state index in [1.54, 1.807) is 53.4 Å². The number of nitrogens with zero attached hydrogens (tertiary/aromatic N) is 1. The molecule has 0 N–H and O–H groups in total. The van der Waals surface area contributed by atoms with Crippen LogP contribution in [-0.4, -0.2) is 35.9 Å². The number of carbonyl (C=O) groups is 1. The first-order chi connectivity index (χ1) is 13.1. The Labute approximate surface area is 163 Å². The van der Waals surface area contributed by atoms with Gasteiger partial charge in [0.15, 0.2) is 0 Å². The lowest BCUT2D eigenvalue weighted by Crippen LogP contribution is -2.43. The van der Waals surface area contributed by atoms with Gasteiger partial charge in [0.1, 0.15) is 17.4 Å². The zero-order valence-electron chi connectivity index (χ0n) is 14.7. The molecule has 0 spiro atoms. The summed E-state index contributed by atoms with van der Waals surface area (Å²) in [6.45, 7) is 0.903. The van der Waals surface area contributed by atoms with Gasteiger partial charge in [-0.25, -0.2) is 4.57 Å². The molecule has 1 atom stereocenters. The second kappa shape index (κ2) is 9.27. The van der Waals surface area contributed by atoms with Crippen molar-refractivity contribution in [2.45, 2.75) is 18.9 Å². The van der Waals surface area contributed by atoms with Crippen LogP contribution in [0, 0.1) is 0 Å². The molecule has 1 fully saturated rings. The summed E-state index contributed by atoms with van der Waals surface area (Å²) in [4.78, 5) is 13.5. The van der Waals surface area contributed by atoms with Crippen molar-refractivity contribution in [1.29, 1.82) is 0 Å². The van der Waals surface area contributed by atoms with Crippen LogP contribution >= 0.6 is 19.4 Å². The van der Waals surface area contributed by atoms with Crippen LogP contribution in [0.5, 0.6) is 11.5 Å². The molecule has 1 unspecified atom stereocenters. The van der Waals surface area contributed by atoms with Gasteiger partial charge >= 0.3 is 7.82 Å². The van der Waals surface area contributed by atoms with Crippen molar-refractivity contribution >= 4 is 25.3 Å². The number of carbonyl (C=O) groups excluding carboxylic acids is 1. The fourth-order valence-electron chi connectivity index (χ4n) is 2.80. The highest BCUT2D eigenvalue weighted by molar-refractivity contribution is 7.49. The van der Waals surface area contributed by atoms with E-state index in [4.69, 9.17) is 25.2 Å². The summed E-state index contributed by atoms with van der Waals surface area (Å²) in [5.41, 5.74) is 0. The normalized spacial score (nSPS) is 17.4. The van der Waals surface area contributed by atoms with Gasteiger partial charge in [0.05, 0.1) is 6.10 Å². The molecule has 3 rings (SSSR count). The maximum Gasteiger partial charge on any atom is 0.587 e. The Morgan fingerprint density at radius 1 is 1.04 bits per heavy atom. The molecule has 1 heterocycles. The monoisotopic (exact) mass is 409 g/mol. The van der Waals surface area contributed by atoms with Crippen molar-refractivity contribution in [2.24, 2.45) is 0 Å². The second-order valence-electron chi connectivity index (χ2n) is 6.10. The van der Waals surface area contributed by atoms with Gasteiger partial charge in [-0.05, 0) is 37.1 Å². The third kappa shape index (κ3) is 5.73. The number of amides is 1. The molecule has 0 aliphatic carbocycles. The Morgan fingerprint density at radius 2 is 1.59 bits per heavy atom. The summed E-state index contributed by atoms with van der Waals surface area (Å²) in [5, 5.41) is 0. The number of hydrogen-bond acceptors (Lipinski definition) is 5.